The summed E-state index contributed by atoms with van der Waals surface area (Å²) in [6, 6.07) is 26.9. The molecule has 0 saturated carbocycles. The Morgan fingerprint density at radius 1 is 0.854 bits per heavy atom. The van der Waals surface area contributed by atoms with E-state index in [-0.39, 0.29) is 17.3 Å². The van der Waals surface area contributed by atoms with Gasteiger partial charge in [0.2, 0.25) is 0 Å². The summed E-state index contributed by atoms with van der Waals surface area (Å²) in [5.74, 6) is 0.345. The first kappa shape index (κ1) is 27.7. The molecule has 6 heteroatoms. The van der Waals surface area contributed by atoms with Gasteiger partial charge in [-0.2, -0.15) is 0 Å². The molecule has 1 fully saturated rings. The summed E-state index contributed by atoms with van der Waals surface area (Å²) >= 11 is 0. The minimum Gasteiger partial charge on any atom is -0.507 e. The van der Waals surface area contributed by atoms with Crippen molar-refractivity contribution in [1.29, 1.82) is 0 Å². The van der Waals surface area contributed by atoms with Crippen molar-refractivity contribution in [2.45, 2.75) is 39.7 Å². The lowest BCUT2D eigenvalue weighted by molar-refractivity contribution is -0.132. The first-order valence-corrected chi connectivity index (χ1v) is 13.6. The van der Waals surface area contributed by atoms with Gasteiger partial charge in [-0.25, -0.2) is 0 Å². The Labute approximate surface area is 240 Å². The van der Waals surface area contributed by atoms with E-state index in [1.165, 1.54) is 4.90 Å². The van der Waals surface area contributed by atoms with Crippen LogP contribution in [0.5, 0.6) is 17.2 Å². The number of hydrogen-bond donors (Lipinski definition) is 1. The van der Waals surface area contributed by atoms with E-state index in [4.69, 9.17) is 9.47 Å². The van der Waals surface area contributed by atoms with Crippen molar-refractivity contribution < 1.29 is 24.2 Å². The van der Waals surface area contributed by atoms with Gasteiger partial charge >= 0.3 is 0 Å². The van der Waals surface area contributed by atoms with Crippen molar-refractivity contribution in [3.05, 3.63) is 124 Å². The molecule has 1 N–H and O–H groups in total. The van der Waals surface area contributed by atoms with E-state index in [1.807, 2.05) is 113 Å². The number of anilines is 1. The summed E-state index contributed by atoms with van der Waals surface area (Å²) < 4.78 is 11.7. The number of amides is 1. The van der Waals surface area contributed by atoms with Gasteiger partial charge in [-0.1, -0.05) is 61.9 Å². The van der Waals surface area contributed by atoms with Gasteiger partial charge in [0.1, 0.15) is 23.0 Å². The maximum Gasteiger partial charge on any atom is 0.300 e. The van der Waals surface area contributed by atoms with Gasteiger partial charge in [0.15, 0.2) is 0 Å². The molecule has 0 aromatic heterocycles. The van der Waals surface area contributed by atoms with Crippen molar-refractivity contribution in [2.75, 3.05) is 12.0 Å². The molecule has 4 aromatic carbocycles. The van der Waals surface area contributed by atoms with Crippen LogP contribution >= 0.6 is 0 Å². The summed E-state index contributed by atoms with van der Waals surface area (Å²) in [5, 5.41) is 11.8. The number of aliphatic hydroxyl groups excluding tert-OH is 1. The van der Waals surface area contributed by atoms with E-state index >= 15 is 0 Å². The molecule has 6 nitrogen and oxygen atoms in total. The third kappa shape index (κ3) is 5.33. The second-order valence-corrected chi connectivity index (χ2v) is 10.6. The van der Waals surface area contributed by atoms with Crippen LogP contribution in [-0.4, -0.2) is 23.9 Å². The van der Waals surface area contributed by atoms with Crippen LogP contribution in [0.1, 0.15) is 53.6 Å². The lowest BCUT2D eigenvalue weighted by Gasteiger charge is -2.26. The Kier molecular flexibility index (Phi) is 7.66. The second kappa shape index (κ2) is 11.3. The molecule has 1 unspecified atom stereocenters. The van der Waals surface area contributed by atoms with Crippen molar-refractivity contribution >= 4 is 23.1 Å². The van der Waals surface area contributed by atoms with Crippen molar-refractivity contribution in [1.82, 2.24) is 0 Å². The Hall–Kier alpha value is -4.84. The van der Waals surface area contributed by atoms with E-state index in [1.54, 1.807) is 13.2 Å². The van der Waals surface area contributed by atoms with Crippen LogP contribution in [-0.2, 0) is 9.59 Å². The predicted octanol–water partition coefficient (Wildman–Crippen LogP) is 7.85. The highest BCUT2D eigenvalue weighted by molar-refractivity contribution is 6.51. The Morgan fingerprint density at radius 3 is 2.20 bits per heavy atom. The van der Waals surface area contributed by atoms with Crippen molar-refractivity contribution in [3.63, 3.8) is 0 Å². The lowest BCUT2D eigenvalue weighted by Crippen LogP contribution is -2.29. The average Bonchev–Trinajstić information content (AvgIpc) is 3.23. The average molecular weight is 548 g/mol. The highest BCUT2D eigenvalue weighted by Gasteiger charge is 2.47. The normalized spacial score (nSPS) is 16.3. The van der Waals surface area contributed by atoms with Crippen molar-refractivity contribution in [3.8, 4) is 17.2 Å². The number of hydrogen-bond acceptors (Lipinski definition) is 5. The summed E-state index contributed by atoms with van der Waals surface area (Å²) in [5.41, 5.74) is 4.34. The summed E-state index contributed by atoms with van der Waals surface area (Å²) in [6.45, 7) is 7.87. The number of ketones is 1. The van der Waals surface area contributed by atoms with Gasteiger partial charge in [0.05, 0.1) is 18.7 Å². The molecule has 1 heterocycles. The zero-order valence-electron chi connectivity index (χ0n) is 23.8. The minimum atomic E-state index is -0.874. The summed E-state index contributed by atoms with van der Waals surface area (Å²) in [7, 11) is 1.61. The highest BCUT2D eigenvalue weighted by atomic mass is 16.5. The van der Waals surface area contributed by atoms with Gasteiger partial charge in [-0.15, -0.1) is 0 Å². The third-order valence-electron chi connectivity index (χ3n) is 7.36. The van der Waals surface area contributed by atoms with Gasteiger partial charge in [0, 0.05) is 11.3 Å². The molecule has 1 aliphatic rings. The Morgan fingerprint density at radius 2 is 1.54 bits per heavy atom. The largest absolute Gasteiger partial charge is 0.507 e. The number of benzene rings is 4. The molecule has 1 amide bonds. The fraction of sp³-hybridized carbons (Fsp3) is 0.200. The molecular weight excluding hydrogens is 514 g/mol. The van der Waals surface area contributed by atoms with Crippen LogP contribution in [0.15, 0.2) is 96.6 Å². The predicted molar refractivity (Wildman–Crippen MR) is 161 cm³/mol. The van der Waals surface area contributed by atoms with Gasteiger partial charge in [-0.05, 0) is 85.0 Å². The smallest absolute Gasteiger partial charge is 0.300 e. The fourth-order valence-corrected chi connectivity index (χ4v) is 5.22. The Bertz CT molecular complexity index is 1640. The maximum absolute atomic E-state index is 13.7. The molecule has 5 rings (SSSR count). The number of para-hydroxylation sites is 1. The lowest BCUT2D eigenvalue weighted by atomic mass is 9.91. The number of ether oxygens (including phenoxy) is 2. The first-order valence-electron chi connectivity index (χ1n) is 13.6. The van der Waals surface area contributed by atoms with Crippen LogP contribution in [0.2, 0.25) is 0 Å². The highest BCUT2D eigenvalue weighted by Crippen LogP contribution is 2.44. The zero-order chi connectivity index (χ0) is 29.3. The third-order valence-corrected chi connectivity index (χ3v) is 7.36. The Balaban J connectivity index is 1.71. The molecule has 1 saturated heterocycles. The topological polar surface area (TPSA) is 76.1 Å². The molecule has 208 valence electrons. The summed E-state index contributed by atoms with van der Waals surface area (Å²) in [6.07, 6.45) is 0. The number of rotatable bonds is 7. The van der Waals surface area contributed by atoms with Crippen LogP contribution < -0.4 is 14.4 Å². The second-order valence-electron chi connectivity index (χ2n) is 10.6. The summed E-state index contributed by atoms with van der Waals surface area (Å²) in [4.78, 5) is 28.8. The minimum absolute atomic E-state index is 0.0235. The van der Waals surface area contributed by atoms with Crippen LogP contribution in [0, 0.1) is 13.8 Å². The number of nitrogens with zero attached hydrogens (tertiary/aromatic N) is 1. The molecule has 0 spiro atoms. The number of methoxy groups -OCH3 is 1. The van der Waals surface area contributed by atoms with Crippen LogP contribution in [0.4, 0.5) is 5.69 Å². The SMILES string of the molecule is COc1cc(C)c(/C(O)=C2\C(=O)C(=O)N(c3ccc(C)cc3)C2c2cccc(Oc3ccccc3)c2)cc1C(C)C. The molecular formula is C35H33NO5. The van der Waals surface area contributed by atoms with Gasteiger partial charge in [0.25, 0.3) is 11.7 Å². The molecule has 0 radical (unpaired) electrons. The van der Waals surface area contributed by atoms with E-state index in [0.29, 0.717) is 34.1 Å². The monoisotopic (exact) mass is 547 g/mol. The number of Topliss-reactive ketones (excluding diaryl/α,β-unsaturated/α-hetero) is 1. The van der Waals surface area contributed by atoms with Crippen LogP contribution in [0.3, 0.4) is 0 Å². The number of carbonyl (C=O) groups is 2. The number of carbonyl (C=O) groups excluding carboxylic acids is 2. The molecule has 0 bridgehead atoms. The molecule has 4 aromatic rings. The number of aliphatic hydroxyl groups is 1. The molecule has 1 atom stereocenters. The van der Waals surface area contributed by atoms with E-state index < -0.39 is 17.7 Å². The standard InChI is InChI=1S/C35H33NO5/c1-21(2)28-20-29(23(4)18-30(28)40-5)33(37)31-32(36(35(39)34(31)38)25-16-14-22(3)15-17-25)24-10-9-13-27(19-24)41-26-11-7-6-8-12-26/h6-21,32,37H,1-5H3/b33-31+. The quantitative estimate of drug-likeness (QED) is 0.145. The fourth-order valence-electron chi connectivity index (χ4n) is 5.22. The maximum atomic E-state index is 13.7. The van der Waals surface area contributed by atoms with Gasteiger partial charge < -0.3 is 14.6 Å². The van der Waals surface area contributed by atoms with E-state index in [9.17, 15) is 14.7 Å². The zero-order valence-corrected chi connectivity index (χ0v) is 23.8. The van der Waals surface area contributed by atoms with Gasteiger partial charge in [-0.3, -0.25) is 14.5 Å². The van der Waals surface area contributed by atoms with Crippen LogP contribution in [0.25, 0.3) is 5.76 Å². The first-order chi connectivity index (χ1) is 19.7. The van der Waals surface area contributed by atoms with Crippen molar-refractivity contribution in [2.24, 2.45) is 0 Å². The van der Waals surface area contributed by atoms with E-state index in [0.717, 1.165) is 16.7 Å². The molecule has 41 heavy (non-hydrogen) atoms. The van der Waals surface area contributed by atoms with E-state index in [2.05, 4.69) is 0 Å². The number of aryl methyl sites for hydroxylation is 2. The molecule has 0 aliphatic carbocycles. The molecule has 1 aliphatic heterocycles.